The number of benzene rings is 2. The fourth-order valence-electron chi connectivity index (χ4n) is 2.90. The fourth-order valence-corrected chi connectivity index (χ4v) is 3.85. The average molecular weight is 486 g/mol. The molecule has 0 radical (unpaired) electrons. The van der Waals surface area contributed by atoms with E-state index < -0.39 is 0 Å². The van der Waals surface area contributed by atoms with Gasteiger partial charge in [-0.15, -0.1) is 16.8 Å². The first-order valence-electron chi connectivity index (χ1n) is 10.2. The van der Waals surface area contributed by atoms with Crippen LogP contribution in [0.1, 0.15) is 12.7 Å². The van der Waals surface area contributed by atoms with Crippen molar-refractivity contribution >= 4 is 46.6 Å². The molecule has 0 saturated carbocycles. The highest BCUT2D eigenvalue weighted by Crippen LogP contribution is 2.22. The Balaban J connectivity index is 1.59. The molecule has 3 rings (SSSR count). The molecule has 0 spiro atoms. The van der Waals surface area contributed by atoms with Crippen molar-refractivity contribution in [3.8, 4) is 5.75 Å². The van der Waals surface area contributed by atoms with E-state index in [-0.39, 0.29) is 24.0 Å². The minimum Gasteiger partial charge on any atom is -0.494 e. The lowest BCUT2D eigenvalue weighted by Crippen LogP contribution is -2.18. The summed E-state index contributed by atoms with van der Waals surface area (Å²) in [7, 11) is 0. The summed E-state index contributed by atoms with van der Waals surface area (Å²) in [6, 6.07) is 14.2. The maximum absolute atomic E-state index is 12.5. The lowest BCUT2D eigenvalue weighted by Gasteiger charge is -2.09. The molecule has 172 valence electrons. The van der Waals surface area contributed by atoms with Crippen LogP contribution in [0.25, 0.3) is 0 Å². The summed E-state index contributed by atoms with van der Waals surface area (Å²) in [6.45, 7) is 6.65. The molecule has 2 amide bonds. The van der Waals surface area contributed by atoms with Crippen LogP contribution in [0.15, 0.2) is 66.3 Å². The Labute approximate surface area is 201 Å². The second kappa shape index (κ2) is 12.1. The van der Waals surface area contributed by atoms with Crippen LogP contribution in [-0.2, 0) is 22.6 Å². The van der Waals surface area contributed by atoms with Gasteiger partial charge in [0.2, 0.25) is 11.8 Å². The molecule has 33 heavy (non-hydrogen) atoms. The Morgan fingerprint density at radius 2 is 1.88 bits per heavy atom. The number of rotatable bonds is 11. The van der Waals surface area contributed by atoms with E-state index in [1.807, 2.05) is 6.92 Å². The Bertz CT molecular complexity index is 1120. The number of carbonyl (C=O) groups excluding carboxylic acids is 2. The lowest BCUT2D eigenvalue weighted by molar-refractivity contribution is -0.116. The smallest absolute Gasteiger partial charge is 0.234 e. The van der Waals surface area contributed by atoms with Gasteiger partial charge in [0.25, 0.3) is 0 Å². The highest BCUT2D eigenvalue weighted by Gasteiger charge is 2.17. The molecule has 8 nitrogen and oxygen atoms in total. The molecule has 1 aromatic heterocycles. The van der Waals surface area contributed by atoms with E-state index in [1.54, 1.807) is 59.2 Å². The molecule has 0 aliphatic heterocycles. The van der Waals surface area contributed by atoms with Gasteiger partial charge in [0.1, 0.15) is 11.6 Å². The van der Waals surface area contributed by atoms with Gasteiger partial charge in [-0.05, 0) is 43.3 Å². The van der Waals surface area contributed by atoms with Crippen molar-refractivity contribution in [2.45, 2.75) is 25.0 Å². The number of hydrogen-bond acceptors (Lipinski definition) is 6. The van der Waals surface area contributed by atoms with E-state index >= 15 is 0 Å². The number of amides is 2. The van der Waals surface area contributed by atoms with Crippen LogP contribution in [0.4, 0.5) is 11.4 Å². The van der Waals surface area contributed by atoms with E-state index in [0.29, 0.717) is 40.5 Å². The highest BCUT2D eigenvalue weighted by molar-refractivity contribution is 7.99. The van der Waals surface area contributed by atoms with Gasteiger partial charge in [-0.2, -0.15) is 0 Å². The van der Waals surface area contributed by atoms with Gasteiger partial charge in [0.05, 0.1) is 29.5 Å². The zero-order valence-corrected chi connectivity index (χ0v) is 19.7. The Kier molecular flexibility index (Phi) is 8.91. The highest BCUT2D eigenvalue weighted by atomic mass is 35.5. The van der Waals surface area contributed by atoms with Crippen LogP contribution in [0.5, 0.6) is 5.75 Å². The number of para-hydroxylation sites is 1. The molecule has 0 saturated heterocycles. The van der Waals surface area contributed by atoms with Crippen LogP contribution >= 0.6 is 23.4 Å². The summed E-state index contributed by atoms with van der Waals surface area (Å²) in [6.07, 6.45) is 1.69. The monoisotopic (exact) mass is 485 g/mol. The first kappa shape index (κ1) is 24.3. The van der Waals surface area contributed by atoms with Gasteiger partial charge in [-0.25, -0.2) is 0 Å². The number of aromatic nitrogens is 3. The largest absolute Gasteiger partial charge is 0.494 e. The van der Waals surface area contributed by atoms with Gasteiger partial charge in [-0.1, -0.05) is 41.6 Å². The number of nitrogens with one attached hydrogen (secondary N) is 2. The van der Waals surface area contributed by atoms with Crippen molar-refractivity contribution in [1.82, 2.24) is 14.8 Å². The van der Waals surface area contributed by atoms with Crippen molar-refractivity contribution in [1.29, 1.82) is 0 Å². The van der Waals surface area contributed by atoms with Crippen LogP contribution < -0.4 is 15.4 Å². The van der Waals surface area contributed by atoms with Crippen molar-refractivity contribution in [2.75, 3.05) is 23.0 Å². The van der Waals surface area contributed by atoms with E-state index in [1.165, 1.54) is 11.8 Å². The molecular formula is C23H24ClN5O3S. The zero-order valence-electron chi connectivity index (χ0n) is 18.1. The minimum atomic E-state index is -0.273. The number of thioether (sulfide) groups is 1. The molecule has 10 heteroatoms. The third-order valence-electron chi connectivity index (χ3n) is 4.35. The van der Waals surface area contributed by atoms with E-state index in [2.05, 4.69) is 27.4 Å². The summed E-state index contributed by atoms with van der Waals surface area (Å²) in [5.74, 6) is 0.886. The second-order valence-corrected chi connectivity index (χ2v) is 8.15. The lowest BCUT2D eigenvalue weighted by atomic mass is 10.3. The van der Waals surface area contributed by atoms with Crippen molar-refractivity contribution in [3.63, 3.8) is 0 Å². The van der Waals surface area contributed by atoms with E-state index in [4.69, 9.17) is 16.3 Å². The van der Waals surface area contributed by atoms with Gasteiger partial charge in [0, 0.05) is 12.2 Å². The van der Waals surface area contributed by atoms with Gasteiger partial charge in [0.15, 0.2) is 5.16 Å². The number of halogens is 1. The SMILES string of the molecule is C=CCn1c(CC(=O)Nc2ccccc2Cl)nnc1SCC(=O)Nc1ccc(OCC)cc1. The molecule has 1 heterocycles. The molecule has 0 atom stereocenters. The first-order chi connectivity index (χ1) is 16.0. The van der Waals surface area contributed by atoms with E-state index in [9.17, 15) is 9.59 Å². The van der Waals surface area contributed by atoms with Crippen LogP contribution in [0.3, 0.4) is 0 Å². The normalized spacial score (nSPS) is 10.5. The maximum atomic E-state index is 12.5. The number of anilines is 2. The zero-order chi connectivity index (χ0) is 23.6. The number of hydrogen-bond donors (Lipinski definition) is 2. The maximum Gasteiger partial charge on any atom is 0.234 e. The molecule has 0 fully saturated rings. The van der Waals surface area contributed by atoms with Crippen LogP contribution in [0, 0.1) is 0 Å². The van der Waals surface area contributed by atoms with Gasteiger partial charge in [-0.3, -0.25) is 9.59 Å². The van der Waals surface area contributed by atoms with Gasteiger partial charge >= 0.3 is 0 Å². The number of allylic oxidation sites excluding steroid dienone is 1. The van der Waals surface area contributed by atoms with Crippen molar-refractivity contribution in [2.24, 2.45) is 0 Å². The molecule has 0 bridgehead atoms. The molecular weight excluding hydrogens is 462 g/mol. The van der Waals surface area contributed by atoms with Crippen molar-refractivity contribution in [3.05, 3.63) is 72.0 Å². The summed E-state index contributed by atoms with van der Waals surface area (Å²) < 4.78 is 7.16. The first-order valence-corrected chi connectivity index (χ1v) is 11.6. The molecule has 2 aromatic carbocycles. The minimum absolute atomic E-state index is 0.00496. The predicted molar refractivity (Wildman–Crippen MR) is 131 cm³/mol. The summed E-state index contributed by atoms with van der Waals surface area (Å²) >= 11 is 7.33. The second-order valence-electron chi connectivity index (χ2n) is 6.80. The third kappa shape index (κ3) is 7.10. The topological polar surface area (TPSA) is 98.1 Å². The van der Waals surface area contributed by atoms with Crippen LogP contribution in [0.2, 0.25) is 5.02 Å². The van der Waals surface area contributed by atoms with Crippen LogP contribution in [-0.4, -0.2) is 38.9 Å². The molecule has 0 aliphatic carbocycles. The molecule has 3 aromatic rings. The Hall–Kier alpha value is -3.30. The standard InChI is InChI=1S/C23H24ClN5O3S/c1-3-13-29-20(14-21(30)26-19-8-6-5-7-18(19)24)27-28-23(29)33-15-22(31)25-16-9-11-17(12-10-16)32-4-2/h3,5-12H,1,4,13-15H2,2H3,(H,25,31)(H,26,30). The molecule has 0 unspecified atom stereocenters. The summed E-state index contributed by atoms with van der Waals surface area (Å²) in [4.78, 5) is 24.8. The average Bonchev–Trinajstić information content (AvgIpc) is 3.17. The van der Waals surface area contributed by atoms with Gasteiger partial charge < -0.3 is 19.9 Å². The Morgan fingerprint density at radius 1 is 1.12 bits per heavy atom. The summed E-state index contributed by atoms with van der Waals surface area (Å²) in [5, 5.41) is 14.9. The number of carbonyl (C=O) groups is 2. The molecule has 2 N–H and O–H groups in total. The predicted octanol–water partition coefficient (Wildman–Crippen LogP) is 4.43. The number of nitrogens with zero attached hydrogens (tertiary/aromatic N) is 3. The molecule has 0 aliphatic rings. The Morgan fingerprint density at radius 3 is 2.58 bits per heavy atom. The van der Waals surface area contributed by atoms with Crippen molar-refractivity contribution < 1.29 is 14.3 Å². The quantitative estimate of drug-likeness (QED) is 0.308. The van der Waals surface area contributed by atoms with E-state index in [0.717, 1.165) is 5.75 Å². The summed E-state index contributed by atoms with van der Waals surface area (Å²) in [5.41, 5.74) is 1.20. The number of ether oxygens (including phenoxy) is 1. The third-order valence-corrected chi connectivity index (χ3v) is 5.65. The fraction of sp³-hybridized carbons (Fsp3) is 0.217.